The van der Waals surface area contributed by atoms with E-state index in [1.165, 1.54) is 11.3 Å². The minimum atomic E-state index is -0.235. The Morgan fingerprint density at radius 3 is 2.52 bits per heavy atom. The molecule has 2 rings (SSSR count). The van der Waals surface area contributed by atoms with Gasteiger partial charge in [-0.1, -0.05) is 12.1 Å². The third-order valence-electron chi connectivity index (χ3n) is 2.86. The first-order chi connectivity index (χ1) is 10.1. The van der Waals surface area contributed by atoms with E-state index in [9.17, 15) is 9.59 Å². The molecule has 0 bridgehead atoms. The molecule has 0 saturated carbocycles. The van der Waals surface area contributed by atoms with Crippen LogP contribution in [0.3, 0.4) is 0 Å². The quantitative estimate of drug-likeness (QED) is 0.764. The van der Waals surface area contributed by atoms with Gasteiger partial charge in [0.25, 0.3) is 11.8 Å². The summed E-state index contributed by atoms with van der Waals surface area (Å²) in [5.41, 5.74) is 7.33. The fraction of sp³-hybridized carbons (Fsp3) is 0.214. The summed E-state index contributed by atoms with van der Waals surface area (Å²) in [6.07, 6.45) is 0. The van der Waals surface area contributed by atoms with Crippen molar-refractivity contribution in [2.24, 2.45) is 5.73 Å². The first kappa shape index (κ1) is 15.1. The number of hydrogen-bond acceptors (Lipinski definition) is 5. The Morgan fingerprint density at radius 1 is 1.24 bits per heavy atom. The van der Waals surface area contributed by atoms with E-state index >= 15 is 0 Å². The number of nitrogens with two attached hydrogens (primary N) is 1. The highest BCUT2D eigenvalue weighted by Crippen LogP contribution is 2.09. The third kappa shape index (κ3) is 3.87. The molecule has 0 spiro atoms. The molecule has 0 fully saturated rings. The summed E-state index contributed by atoms with van der Waals surface area (Å²) in [4.78, 5) is 27.4. The monoisotopic (exact) mass is 304 g/mol. The number of benzene rings is 1. The highest BCUT2D eigenvalue weighted by atomic mass is 32.1. The van der Waals surface area contributed by atoms with Crippen molar-refractivity contribution in [3.8, 4) is 0 Å². The molecule has 0 aliphatic rings. The van der Waals surface area contributed by atoms with Gasteiger partial charge in [-0.15, -0.1) is 11.3 Å². The van der Waals surface area contributed by atoms with Crippen molar-refractivity contribution < 1.29 is 9.59 Å². The molecule has 0 saturated heterocycles. The largest absolute Gasteiger partial charge is 0.355 e. The van der Waals surface area contributed by atoms with Gasteiger partial charge in [0.1, 0.15) is 10.7 Å². The van der Waals surface area contributed by atoms with E-state index in [4.69, 9.17) is 5.73 Å². The van der Waals surface area contributed by atoms with E-state index < -0.39 is 0 Å². The maximum absolute atomic E-state index is 11.9. The zero-order valence-electron chi connectivity index (χ0n) is 11.6. The van der Waals surface area contributed by atoms with Crippen molar-refractivity contribution >= 4 is 23.2 Å². The van der Waals surface area contributed by atoms with Crippen LogP contribution in [0.25, 0.3) is 0 Å². The number of hydrogen-bond donors (Lipinski definition) is 3. The lowest BCUT2D eigenvalue weighted by molar-refractivity contribution is 0.0942. The van der Waals surface area contributed by atoms with Crippen LogP contribution in [-0.2, 0) is 13.1 Å². The minimum absolute atomic E-state index is 0.137. The molecular formula is C14H16N4O2S. The molecule has 0 aliphatic carbocycles. The Balaban J connectivity index is 1.93. The second kappa shape index (κ2) is 6.96. The molecule has 1 heterocycles. The zero-order chi connectivity index (χ0) is 15.2. The van der Waals surface area contributed by atoms with E-state index in [0.29, 0.717) is 24.3 Å². The summed E-state index contributed by atoms with van der Waals surface area (Å²) in [6.45, 7) is 0.710. The van der Waals surface area contributed by atoms with Gasteiger partial charge in [-0.25, -0.2) is 4.98 Å². The number of thiazole rings is 1. The van der Waals surface area contributed by atoms with Crippen molar-refractivity contribution in [2.45, 2.75) is 13.1 Å². The Labute approximate surface area is 126 Å². The number of amides is 2. The Morgan fingerprint density at radius 2 is 1.95 bits per heavy atom. The highest BCUT2D eigenvalue weighted by molar-refractivity contribution is 7.09. The van der Waals surface area contributed by atoms with Crippen LogP contribution in [0.5, 0.6) is 0 Å². The number of aromatic nitrogens is 1. The van der Waals surface area contributed by atoms with Crippen molar-refractivity contribution in [1.29, 1.82) is 0 Å². The average Bonchev–Trinajstić information content (AvgIpc) is 3.01. The second-order valence-corrected chi connectivity index (χ2v) is 5.23. The molecule has 1 aromatic carbocycles. The van der Waals surface area contributed by atoms with Crippen molar-refractivity contribution in [3.05, 3.63) is 51.5 Å². The van der Waals surface area contributed by atoms with Crippen LogP contribution < -0.4 is 16.4 Å². The summed E-state index contributed by atoms with van der Waals surface area (Å²) >= 11 is 1.37. The predicted molar refractivity (Wildman–Crippen MR) is 81.0 cm³/mol. The maximum atomic E-state index is 11.9. The van der Waals surface area contributed by atoms with Crippen LogP contribution in [0.4, 0.5) is 0 Å². The van der Waals surface area contributed by atoms with E-state index in [1.54, 1.807) is 36.7 Å². The van der Waals surface area contributed by atoms with Crippen LogP contribution in [-0.4, -0.2) is 23.8 Å². The van der Waals surface area contributed by atoms with Gasteiger partial charge in [0.15, 0.2) is 0 Å². The van der Waals surface area contributed by atoms with Crippen LogP contribution >= 0.6 is 11.3 Å². The molecule has 1 aromatic heterocycles. The fourth-order valence-corrected chi connectivity index (χ4v) is 2.35. The molecule has 0 unspecified atom stereocenters. The normalized spacial score (nSPS) is 10.2. The molecule has 7 heteroatoms. The van der Waals surface area contributed by atoms with Gasteiger partial charge < -0.3 is 16.4 Å². The van der Waals surface area contributed by atoms with Gasteiger partial charge in [0.2, 0.25) is 0 Å². The number of nitrogens with one attached hydrogen (secondary N) is 2. The van der Waals surface area contributed by atoms with Gasteiger partial charge in [-0.3, -0.25) is 9.59 Å². The van der Waals surface area contributed by atoms with E-state index in [0.717, 1.165) is 10.6 Å². The van der Waals surface area contributed by atoms with E-state index in [1.807, 2.05) is 0 Å². The molecule has 0 aliphatic heterocycles. The molecule has 0 atom stereocenters. The van der Waals surface area contributed by atoms with Crippen LogP contribution in [0.2, 0.25) is 0 Å². The average molecular weight is 304 g/mol. The maximum Gasteiger partial charge on any atom is 0.271 e. The lowest BCUT2D eigenvalue weighted by Gasteiger charge is -2.05. The lowest BCUT2D eigenvalue weighted by atomic mass is 10.1. The lowest BCUT2D eigenvalue weighted by Crippen LogP contribution is -2.23. The van der Waals surface area contributed by atoms with E-state index in [2.05, 4.69) is 15.6 Å². The van der Waals surface area contributed by atoms with Crippen molar-refractivity contribution in [2.75, 3.05) is 7.05 Å². The number of nitrogens with zero attached hydrogens (tertiary/aromatic N) is 1. The van der Waals surface area contributed by atoms with Gasteiger partial charge in [-0.05, 0) is 17.7 Å². The van der Waals surface area contributed by atoms with Crippen LogP contribution in [0.1, 0.15) is 31.4 Å². The standard InChI is InChI=1S/C14H16N4O2S/c1-16-13(19)10-4-2-9(3-5-10)7-17-14(20)11-8-21-12(6-15)18-11/h2-5,8H,6-7,15H2,1H3,(H,16,19)(H,17,20). The summed E-state index contributed by atoms with van der Waals surface area (Å²) in [5, 5.41) is 7.75. The van der Waals surface area contributed by atoms with Gasteiger partial charge in [0, 0.05) is 31.1 Å². The molecule has 4 N–H and O–H groups in total. The zero-order valence-corrected chi connectivity index (χ0v) is 12.4. The summed E-state index contributed by atoms with van der Waals surface area (Å²) in [6, 6.07) is 7.04. The number of carbonyl (C=O) groups is 2. The topological polar surface area (TPSA) is 97.1 Å². The third-order valence-corrected chi connectivity index (χ3v) is 3.73. The molecule has 6 nitrogen and oxygen atoms in total. The summed E-state index contributed by atoms with van der Waals surface area (Å²) in [7, 11) is 1.58. The molecule has 110 valence electrons. The van der Waals surface area contributed by atoms with E-state index in [-0.39, 0.29) is 11.8 Å². The molecule has 21 heavy (non-hydrogen) atoms. The van der Waals surface area contributed by atoms with Gasteiger partial charge in [0.05, 0.1) is 0 Å². The Kier molecular flexibility index (Phi) is 5.02. The SMILES string of the molecule is CNC(=O)c1ccc(CNC(=O)c2csc(CN)n2)cc1. The summed E-state index contributed by atoms with van der Waals surface area (Å²) < 4.78 is 0. The number of carbonyl (C=O) groups excluding carboxylic acids is 2. The number of rotatable bonds is 5. The Hall–Kier alpha value is -2.25. The molecule has 2 amide bonds. The molecule has 2 aromatic rings. The minimum Gasteiger partial charge on any atom is -0.355 e. The highest BCUT2D eigenvalue weighted by Gasteiger charge is 2.10. The summed E-state index contributed by atoms with van der Waals surface area (Å²) in [5.74, 6) is -0.372. The predicted octanol–water partition coefficient (Wildman–Crippen LogP) is 0.891. The second-order valence-electron chi connectivity index (χ2n) is 4.29. The molecule has 0 radical (unpaired) electrons. The van der Waals surface area contributed by atoms with Gasteiger partial charge in [-0.2, -0.15) is 0 Å². The van der Waals surface area contributed by atoms with Crippen molar-refractivity contribution in [3.63, 3.8) is 0 Å². The molecular weight excluding hydrogens is 288 g/mol. The smallest absolute Gasteiger partial charge is 0.271 e. The van der Waals surface area contributed by atoms with Crippen LogP contribution in [0, 0.1) is 0 Å². The van der Waals surface area contributed by atoms with Crippen molar-refractivity contribution in [1.82, 2.24) is 15.6 Å². The first-order valence-electron chi connectivity index (χ1n) is 6.37. The van der Waals surface area contributed by atoms with Crippen LogP contribution in [0.15, 0.2) is 29.6 Å². The Bertz CT molecular complexity index is 637. The first-order valence-corrected chi connectivity index (χ1v) is 7.25. The fourth-order valence-electron chi connectivity index (χ4n) is 1.70. The van der Waals surface area contributed by atoms with Gasteiger partial charge >= 0.3 is 0 Å².